The number of anilines is 1. The van der Waals surface area contributed by atoms with Gasteiger partial charge in [0, 0.05) is 5.56 Å². The van der Waals surface area contributed by atoms with Gasteiger partial charge in [-0.25, -0.2) is 0 Å². The number of carbonyl (C=O) groups is 1. The Labute approximate surface area is 149 Å². The van der Waals surface area contributed by atoms with Crippen LogP contribution in [-0.2, 0) is 12.4 Å². The van der Waals surface area contributed by atoms with E-state index < -0.39 is 35.0 Å². The van der Waals surface area contributed by atoms with Crippen molar-refractivity contribution in [3.05, 3.63) is 58.7 Å². The highest BCUT2D eigenvalue weighted by atomic mass is 19.4. The molecule has 0 atom stereocenters. The van der Waals surface area contributed by atoms with Crippen LogP contribution in [0.15, 0.2) is 36.4 Å². The van der Waals surface area contributed by atoms with Crippen molar-refractivity contribution in [1.82, 2.24) is 0 Å². The Bertz CT molecular complexity index is 881. The van der Waals surface area contributed by atoms with Crippen molar-refractivity contribution in [1.29, 1.82) is 5.26 Å². The third-order valence-corrected chi connectivity index (χ3v) is 3.43. The van der Waals surface area contributed by atoms with Gasteiger partial charge in [0.15, 0.2) is 0 Å². The zero-order valence-electron chi connectivity index (χ0n) is 13.5. The zero-order chi connectivity index (χ0) is 20.4. The van der Waals surface area contributed by atoms with Crippen LogP contribution >= 0.6 is 0 Å². The number of methoxy groups -OCH3 is 1. The lowest BCUT2D eigenvalue weighted by atomic mass is 10.0. The Kier molecular flexibility index (Phi) is 5.35. The van der Waals surface area contributed by atoms with E-state index in [0.717, 1.165) is 0 Å². The molecular formula is C17H10F6N2O2. The SMILES string of the molecule is COc1ccc(C#N)cc1NC(=O)c1cc(C(F)(F)F)cc(C(F)(F)F)c1. The summed E-state index contributed by atoms with van der Waals surface area (Å²) in [6.07, 6.45) is -10.1. The fourth-order valence-corrected chi connectivity index (χ4v) is 2.16. The van der Waals surface area contributed by atoms with Crippen molar-refractivity contribution in [3.63, 3.8) is 0 Å². The maximum absolute atomic E-state index is 12.9. The Morgan fingerprint density at radius 1 is 1.00 bits per heavy atom. The summed E-state index contributed by atoms with van der Waals surface area (Å²) in [5, 5.41) is 11.0. The lowest BCUT2D eigenvalue weighted by Gasteiger charge is -2.15. The molecule has 142 valence electrons. The number of carbonyl (C=O) groups excluding carboxylic acids is 1. The summed E-state index contributed by atoms with van der Waals surface area (Å²) in [5.74, 6) is -1.15. The first-order valence-corrected chi connectivity index (χ1v) is 7.14. The summed E-state index contributed by atoms with van der Waals surface area (Å²) < 4.78 is 82.3. The van der Waals surface area contributed by atoms with E-state index in [0.29, 0.717) is 12.1 Å². The number of amides is 1. The lowest BCUT2D eigenvalue weighted by molar-refractivity contribution is -0.143. The molecule has 0 radical (unpaired) electrons. The van der Waals surface area contributed by atoms with Gasteiger partial charge in [0.2, 0.25) is 0 Å². The van der Waals surface area contributed by atoms with Crippen molar-refractivity contribution in [2.45, 2.75) is 12.4 Å². The second-order valence-electron chi connectivity index (χ2n) is 5.28. The number of nitriles is 1. The quantitative estimate of drug-likeness (QED) is 0.765. The fraction of sp³-hybridized carbons (Fsp3) is 0.176. The predicted molar refractivity (Wildman–Crippen MR) is 82.1 cm³/mol. The maximum atomic E-state index is 12.9. The first-order valence-electron chi connectivity index (χ1n) is 7.14. The Morgan fingerprint density at radius 3 is 2.00 bits per heavy atom. The first-order chi connectivity index (χ1) is 12.5. The van der Waals surface area contributed by atoms with Crippen LogP contribution in [0, 0.1) is 11.3 Å². The van der Waals surface area contributed by atoms with E-state index in [2.05, 4.69) is 5.32 Å². The summed E-state index contributed by atoms with van der Waals surface area (Å²) in [4.78, 5) is 12.3. The van der Waals surface area contributed by atoms with Gasteiger partial charge in [-0.1, -0.05) is 0 Å². The fourth-order valence-electron chi connectivity index (χ4n) is 2.16. The number of benzene rings is 2. The van der Waals surface area contributed by atoms with Gasteiger partial charge in [-0.05, 0) is 36.4 Å². The number of hydrogen-bond donors (Lipinski definition) is 1. The van der Waals surface area contributed by atoms with Gasteiger partial charge in [-0.2, -0.15) is 31.6 Å². The van der Waals surface area contributed by atoms with Gasteiger partial charge in [-0.3, -0.25) is 4.79 Å². The molecular weight excluding hydrogens is 378 g/mol. The number of nitrogens with zero attached hydrogens (tertiary/aromatic N) is 1. The minimum absolute atomic E-state index is 0.0744. The van der Waals surface area contributed by atoms with Crippen molar-refractivity contribution in [2.24, 2.45) is 0 Å². The second kappa shape index (κ2) is 7.19. The number of alkyl halides is 6. The van der Waals surface area contributed by atoms with Crippen LogP contribution in [0.1, 0.15) is 27.0 Å². The molecule has 2 aromatic carbocycles. The average molecular weight is 388 g/mol. The van der Waals surface area contributed by atoms with Crippen LogP contribution in [0.5, 0.6) is 5.75 Å². The molecule has 0 aliphatic heterocycles. The van der Waals surface area contributed by atoms with Crippen molar-refractivity contribution >= 4 is 11.6 Å². The predicted octanol–water partition coefficient (Wildman–Crippen LogP) is 4.86. The van der Waals surface area contributed by atoms with E-state index in [9.17, 15) is 31.1 Å². The van der Waals surface area contributed by atoms with Gasteiger partial charge < -0.3 is 10.1 Å². The van der Waals surface area contributed by atoms with Crippen LogP contribution in [-0.4, -0.2) is 13.0 Å². The molecule has 0 saturated carbocycles. The van der Waals surface area contributed by atoms with E-state index in [1.54, 1.807) is 6.07 Å². The minimum atomic E-state index is -5.07. The summed E-state index contributed by atoms with van der Waals surface area (Å²) in [6, 6.07) is 6.19. The molecule has 0 saturated heterocycles. The highest BCUT2D eigenvalue weighted by Gasteiger charge is 2.37. The molecule has 0 aliphatic carbocycles. The number of ether oxygens (including phenoxy) is 1. The van der Waals surface area contributed by atoms with Gasteiger partial charge in [0.1, 0.15) is 5.75 Å². The molecule has 2 rings (SSSR count). The summed E-state index contributed by atoms with van der Waals surface area (Å²) >= 11 is 0. The van der Waals surface area contributed by atoms with Gasteiger partial charge in [0.05, 0.1) is 35.6 Å². The topological polar surface area (TPSA) is 62.1 Å². The standard InChI is InChI=1S/C17H10F6N2O2/c1-27-14-3-2-9(8-24)4-13(14)25-15(26)10-5-11(16(18,19)20)7-12(6-10)17(21,22)23/h2-7H,1H3,(H,25,26). The molecule has 0 fully saturated rings. The Morgan fingerprint density at radius 2 is 1.56 bits per heavy atom. The molecule has 0 spiro atoms. The van der Waals surface area contributed by atoms with Crippen molar-refractivity contribution in [2.75, 3.05) is 12.4 Å². The van der Waals surface area contributed by atoms with E-state index in [-0.39, 0.29) is 23.1 Å². The largest absolute Gasteiger partial charge is 0.495 e. The van der Waals surface area contributed by atoms with E-state index in [4.69, 9.17) is 10.00 Å². The second-order valence-corrected chi connectivity index (χ2v) is 5.28. The van der Waals surface area contributed by atoms with E-state index in [1.165, 1.54) is 25.3 Å². The maximum Gasteiger partial charge on any atom is 0.416 e. The number of halogens is 6. The van der Waals surface area contributed by atoms with Crippen molar-refractivity contribution < 1.29 is 35.9 Å². The molecule has 0 aliphatic rings. The van der Waals surface area contributed by atoms with E-state index >= 15 is 0 Å². The number of nitrogens with one attached hydrogen (secondary N) is 1. The van der Waals surface area contributed by atoms with Crippen LogP contribution in [0.3, 0.4) is 0 Å². The van der Waals surface area contributed by atoms with Gasteiger partial charge in [-0.15, -0.1) is 0 Å². The third-order valence-electron chi connectivity index (χ3n) is 3.43. The molecule has 0 heterocycles. The Hall–Kier alpha value is -3.22. The lowest BCUT2D eigenvalue weighted by Crippen LogP contribution is -2.17. The van der Waals surface area contributed by atoms with Gasteiger partial charge in [0.25, 0.3) is 5.91 Å². The molecule has 0 aromatic heterocycles. The molecule has 1 amide bonds. The summed E-state index contributed by atoms with van der Waals surface area (Å²) in [5.41, 5.74) is -4.04. The zero-order valence-corrected chi connectivity index (χ0v) is 13.5. The van der Waals surface area contributed by atoms with Gasteiger partial charge >= 0.3 is 12.4 Å². The van der Waals surface area contributed by atoms with Crippen LogP contribution in [0.2, 0.25) is 0 Å². The summed E-state index contributed by atoms with van der Waals surface area (Å²) in [6.45, 7) is 0. The van der Waals surface area contributed by atoms with E-state index in [1.807, 2.05) is 0 Å². The molecule has 10 heteroatoms. The molecule has 27 heavy (non-hydrogen) atoms. The molecule has 2 aromatic rings. The summed E-state index contributed by atoms with van der Waals surface area (Å²) in [7, 11) is 1.24. The van der Waals surface area contributed by atoms with Crippen LogP contribution < -0.4 is 10.1 Å². The highest BCUT2D eigenvalue weighted by Crippen LogP contribution is 2.36. The monoisotopic (exact) mass is 388 g/mol. The minimum Gasteiger partial charge on any atom is -0.495 e. The molecule has 0 unspecified atom stereocenters. The molecule has 0 bridgehead atoms. The Balaban J connectivity index is 2.49. The van der Waals surface area contributed by atoms with Crippen LogP contribution in [0.25, 0.3) is 0 Å². The normalized spacial score (nSPS) is 11.6. The molecule has 1 N–H and O–H groups in total. The third kappa shape index (κ3) is 4.69. The first kappa shape index (κ1) is 20.1. The average Bonchev–Trinajstić information content (AvgIpc) is 2.59. The van der Waals surface area contributed by atoms with Crippen molar-refractivity contribution in [3.8, 4) is 11.8 Å². The number of hydrogen-bond acceptors (Lipinski definition) is 3. The number of rotatable bonds is 3. The molecule has 4 nitrogen and oxygen atoms in total. The van der Waals surface area contributed by atoms with Crippen LogP contribution in [0.4, 0.5) is 32.0 Å². The highest BCUT2D eigenvalue weighted by molar-refractivity contribution is 6.05. The smallest absolute Gasteiger partial charge is 0.416 e.